The Morgan fingerprint density at radius 2 is 1.84 bits per heavy atom. The van der Waals surface area contributed by atoms with Gasteiger partial charge in [-0.25, -0.2) is 0 Å². The van der Waals surface area contributed by atoms with E-state index in [9.17, 15) is 5.11 Å². The molecule has 2 nitrogen and oxygen atoms in total. The molecule has 1 aliphatic heterocycles. The predicted molar refractivity (Wildman–Crippen MR) is 78.5 cm³/mol. The van der Waals surface area contributed by atoms with E-state index in [2.05, 4.69) is 24.1 Å². The second kappa shape index (κ2) is 5.06. The van der Waals surface area contributed by atoms with E-state index < -0.39 is 6.10 Å². The van der Waals surface area contributed by atoms with E-state index >= 15 is 0 Å². The van der Waals surface area contributed by atoms with Crippen LogP contribution in [-0.4, -0.2) is 18.7 Å². The Bertz CT molecular complexity index is 565. The first-order chi connectivity index (χ1) is 9.25. The Morgan fingerprint density at radius 3 is 2.63 bits per heavy atom. The quantitative estimate of drug-likeness (QED) is 0.888. The number of aliphatic hydroxyl groups excluding tert-OH is 1. The zero-order chi connectivity index (χ0) is 13.2. The zero-order valence-corrected chi connectivity index (χ0v) is 11.2. The fourth-order valence-corrected chi connectivity index (χ4v) is 2.80. The largest absolute Gasteiger partial charge is 0.384 e. The molecule has 2 heteroatoms. The van der Waals surface area contributed by atoms with Crippen LogP contribution in [0.5, 0.6) is 0 Å². The minimum atomic E-state index is -0.529. The molecular formula is C17H19NO. The minimum Gasteiger partial charge on any atom is -0.384 e. The SMILES string of the molecule is CN1CCCc2cc(C(O)c3ccccc3)ccc21. The molecule has 0 saturated carbocycles. The van der Waals surface area contributed by atoms with E-state index in [0.29, 0.717) is 0 Å². The lowest BCUT2D eigenvalue weighted by atomic mass is 9.95. The summed E-state index contributed by atoms with van der Waals surface area (Å²) in [5, 5.41) is 10.4. The molecule has 0 aliphatic carbocycles. The van der Waals surface area contributed by atoms with Gasteiger partial charge in [-0.15, -0.1) is 0 Å². The number of rotatable bonds is 2. The highest BCUT2D eigenvalue weighted by Crippen LogP contribution is 2.30. The third-order valence-electron chi connectivity index (χ3n) is 3.89. The van der Waals surface area contributed by atoms with Crippen LogP contribution < -0.4 is 4.90 Å². The van der Waals surface area contributed by atoms with Gasteiger partial charge in [0.25, 0.3) is 0 Å². The maximum absolute atomic E-state index is 10.4. The van der Waals surface area contributed by atoms with Gasteiger partial charge < -0.3 is 10.0 Å². The van der Waals surface area contributed by atoms with Crippen LogP contribution in [0.4, 0.5) is 5.69 Å². The average molecular weight is 253 g/mol. The lowest BCUT2D eigenvalue weighted by Gasteiger charge is -2.28. The van der Waals surface area contributed by atoms with E-state index in [1.807, 2.05) is 36.4 Å². The number of benzene rings is 2. The summed E-state index contributed by atoms with van der Waals surface area (Å²) in [6, 6.07) is 16.2. The Morgan fingerprint density at radius 1 is 1.05 bits per heavy atom. The van der Waals surface area contributed by atoms with E-state index in [1.54, 1.807) is 0 Å². The van der Waals surface area contributed by atoms with Crippen LogP contribution in [-0.2, 0) is 6.42 Å². The molecule has 98 valence electrons. The van der Waals surface area contributed by atoms with Crippen LogP contribution in [0.15, 0.2) is 48.5 Å². The Labute approximate surface area is 114 Å². The van der Waals surface area contributed by atoms with Gasteiger partial charge in [-0.05, 0) is 35.6 Å². The van der Waals surface area contributed by atoms with Crippen molar-refractivity contribution in [3.05, 3.63) is 65.2 Å². The van der Waals surface area contributed by atoms with E-state index in [0.717, 1.165) is 24.1 Å². The van der Waals surface area contributed by atoms with Crippen molar-refractivity contribution in [2.75, 3.05) is 18.5 Å². The smallest absolute Gasteiger partial charge is 0.104 e. The van der Waals surface area contributed by atoms with Crippen molar-refractivity contribution in [3.63, 3.8) is 0 Å². The fourth-order valence-electron chi connectivity index (χ4n) is 2.80. The summed E-state index contributed by atoms with van der Waals surface area (Å²) >= 11 is 0. The van der Waals surface area contributed by atoms with Crippen molar-refractivity contribution >= 4 is 5.69 Å². The summed E-state index contributed by atoms with van der Waals surface area (Å²) in [4.78, 5) is 2.29. The maximum Gasteiger partial charge on any atom is 0.104 e. The van der Waals surface area contributed by atoms with E-state index in [-0.39, 0.29) is 0 Å². The molecule has 0 radical (unpaired) electrons. The van der Waals surface area contributed by atoms with Crippen LogP contribution >= 0.6 is 0 Å². The number of hydrogen-bond donors (Lipinski definition) is 1. The molecule has 1 aliphatic rings. The van der Waals surface area contributed by atoms with Crippen LogP contribution in [0.25, 0.3) is 0 Å². The van der Waals surface area contributed by atoms with Crippen molar-refractivity contribution < 1.29 is 5.11 Å². The predicted octanol–water partition coefficient (Wildman–Crippen LogP) is 3.15. The van der Waals surface area contributed by atoms with Crippen molar-refractivity contribution in [2.45, 2.75) is 18.9 Å². The normalized spacial score (nSPS) is 16.0. The lowest BCUT2D eigenvalue weighted by Crippen LogP contribution is -2.24. The molecule has 0 fully saturated rings. The first kappa shape index (κ1) is 12.2. The zero-order valence-electron chi connectivity index (χ0n) is 11.2. The standard InChI is InChI=1S/C17H19NO/c1-18-11-5-8-14-12-15(9-10-16(14)18)17(19)13-6-3-2-4-7-13/h2-4,6-7,9-10,12,17,19H,5,8,11H2,1H3. The second-order valence-electron chi connectivity index (χ2n) is 5.23. The summed E-state index contributed by atoms with van der Waals surface area (Å²) in [5.74, 6) is 0. The second-order valence-corrected chi connectivity index (χ2v) is 5.23. The third kappa shape index (κ3) is 2.36. The number of nitrogens with zero attached hydrogens (tertiary/aromatic N) is 1. The number of anilines is 1. The molecule has 1 N–H and O–H groups in total. The van der Waals surface area contributed by atoms with Crippen molar-refractivity contribution in [1.29, 1.82) is 0 Å². The summed E-state index contributed by atoms with van der Waals surface area (Å²) in [6.45, 7) is 1.12. The lowest BCUT2D eigenvalue weighted by molar-refractivity contribution is 0.220. The monoisotopic (exact) mass is 253 g/mol. The molecule has 0 amide bonds. The van der Waals surface area contributed by atoms with Crippen molar-refractivity contribution in [1.82, 2.24) is 0 Å². The molecule has 1 unspecified atom stereocenters. The van der Waals surface area contributed by atoms with Crippen LogP contribution in [0.2, 0.25) is 0 Å². The van der Waals surface area contributed by atoms with Crippen LogP contribution in [0, 0.1) is 0 Å². The topological polar surface area (TPSA) is 23.5 Å². The Balaban J connectivity index is 1.94. The number of fused-ring (bicyclic) bond motifs is 1. The van der Waals surface area contributed by atoms with E-state index in [4.69, 9.17) is 0 Å². The first-order valence-electron chi connectivity index (χ1n) is 6.82. The Kier molecular flexibility index (Phi) is 3.26. The van der Waals surface area contributed by atoms with E-state index in [1.165, 1.54) is 17.7 Å². The van der Waals surface area contributed by atoms with Gasteiger partial charge in [0.1, 0.15) is 6.10 Å². The fraction of sp³-hybridized carbons (Fsp3) is 0.294. The van der Waals surface area contributed by atoms with Gasteiger partial charge in [0.2, 0.25) is 0 Å². The molecule has 19 heavy (non-hydrogen) atoms. The van der Waals surface area contributed by atoms with Gasteiger partial charge in [-0.2, -0.15) is 0 Å². The highest BCUT2D eigenvalue weighted by Gasteiger charge is 2.16. The first-order valence-corrected chi connectivity index (χ1v) is 6.82. The van der Waals surface area contributed by atoms with Gasteiger partial charge in [0.15, 0.2) is 0 Å². The third-order valence-corrected chi connectivity index (χ3v) is 3.89. The molecule has 3 rings (SSSR count). The highest BCUT2D eigenvalue weighted by atomic mass is 16.3. The summed E-state index contributed by atoms with van der Waals surface area (Å²) in [5.41, 5.74) is 4.59. The molecule has 1 atom stereocenters. The molecule has 2 aromatic rings. The molecule has 0 saturated heterocycles. The molecule has 1 heterocycles. The molecular weight excluding hydrogens is 234 g/mol. The number of hydrogen-bond acceptors (Lipinski definition) is 2. The number of aliphatic hydroxyl groups is 1. The highest BCUT2D eigenvalue weighted by molar-refractivity contribution is 5.57. The van der Waals surface area contributed by atoms with Crippen LogP contribution in [0.3, 0.4) is 0 Å². The van der Waals surface area contributed by atoms with Gasteiger partial charge in [0.05, 0.1) is 0 Å². The molecule has 2 aromatic carbocycles. The van der Waals surface area contributed by atoms with Gasteiger partial charge in [-0.3, -0.25) is 0 Å². The number of aryl methyl sites for hydroxylation is 1. The summed E-state index contributed by atoms with van der Waals surface area (Å²) < 4.78 is 0. The summed E-state index contributed by atoms with van der Waals surface area (Å²) in [7, 11) is 2.13. The average Bonchev–Trinajstić information content (AvgIpc) is 2.47. The maximum atomic E-state index is 10.4. The summed E-state index contributed by atoms with van der Waals surface area (Å²) in [6.07, 6.45) is 1.77. The van der Waals surface area contributed by atoms with Gasteiger partial charge in [0, 0.05) is 19.3 Å². The van der Waals surface area contributed by atoms with Gasteiger partial charge >= 0.3 is 0 Å². The van der Waals surface area contributed by atoms with Crippen molar-refractivity contribution in [3.8, 4) is 0 Å². The Hall–Kier alpha value is -1.80. The van der Waals surface area contributed by atoms with Crippen LogP contribution in [0.1, 0.15) is 29.2 Å². The van der Waals surface area contributed by atoms with Gasteiger partial charge in [-0.1, -0.05) is 42.5 Å². The minimum absolute atomic E-state index is 0.529. The molecule has 0 bridgehead atoms. The molecule has 0 spiro atoms. The van der Waals surface area contributed by atoms with Crippen molar-refractivity contribution in [2.24, 2.45) is 0 Å². The molecule has 0 aromatic heterocycles.